The zero-order valence-corrected chi connectivity index (χ0v) is 18.3. The quantitative estimate of drug-likeness (QED) is 0.649. The second kappa shape index (κ2) is 7.93. The molecule has 3 aromatic rings. The summed E-state index contributed by atoms with van der Waals surface area (Å²) in [5, 5.41) is 10.4. The summed E-state index contributed by atoms with van der Waals surface area (Å²) in [7, 11) is 0. The number of carboxylic acid groups (broad SMARTS) is 1. The maximum atomic E-state index is 11.8. The first-order valence-electron chi connectivity index (χ1n) is 10.2. The maximum absolute atomic E-state index is 11.8. The molecule has 1 amide bonds. The summed E-state index contributed by atoms with van der Waals surface area (Å²) in [6, 6.07) is 13.7. The molecule has 3 heterocycles. The number of hydrogen-bond acceptors (Lipinski definition) is 3. The highest BCUT2D eigenvalue weighted by molar-refractivity contribution is 6.30. The summed E-state index contributed by atoms with van der Waals surface area (Å²) in [5.74, 6) is 0. The molecule has 0 saturated carbocycles. The van der Waals surface area contributed by atoms with Gasteiger partial charge < -0.3 is 14.4 Å². The van der Waals surface area contributed by atoms with Crippen molar-refractivity contribution < 1.29 is 9.90 Å². The Morgan fingerprint density at radius 3 is 2.57 bits per heavy atom. The normalized spacial score (nSPS) is 18.1. The van der Waals surface area contributed by atoms with Gasteiger partial charge >= 0.3 is 6.09 Å². The molecule has 1 N–H and O–H groups in total. The van der Waals surface area contributed by atoms with Crippen LogP contribution in [-0.2, 0) is 6.54 Å². The predicted octanol–water partition coefficient (Wildman–Crippen LogP) is 4.87. The van der Waals surface area contributed by atoms with Gasteiger partial charge in [-0.2, -0.15) is 0 Å². The van der Waals surface area contributed by atoms with Crippen LogP contribution in [-0.4, -0.2) is 56.1 Å². The van der Waals surface area contributed by atoms with Gasteiger partial charge in [0, 0.05) is 43.0 Å². The second-order valence-corrected chi connectivity index (χ2v) is 9.37. The second-order valence-electron chi connectivity index (χ2n) is 8.94. The molecule has 0 radical (unpaired) electrons. The molecule has 1 unspecified atom stereocenters. The Kier molecular flexibility index (Phi) is 5.47. The molecule has 6 nitrogen and oxygen atoms in total. The van der Waals surface area contributed by atoms with Gasteiger partial charge in [-0.05, 0) is 29.7 Å². The van der Waals surface area contributed by atoms with E-state index in [-0.39, 0.29) is 11.5 Å². The Balaban J connectivity index is 1.69. The number of pyridine rings is 1. The average Bonchev–Trinajstić information content (AvgIpc) is 3.06. The third kappa shape index (κ3) is 4.02. The number of benzene rings is 1. The van der Waals surface area contributed by atoms with Crippen molar-refractivity contribution in [1.29, 1.82) is 0 Å². The van der Waals surface area contributed by atoms with Gasteiger partial charge in [0.25, 0.3) is 0 Å². The van der Waals surface area contributed by atoms with Crippen molar-refractivity contribution in [2.45, 2.75) is 33.4 Å². The first-order chi connectivity index (χ1) is 14.2. The number of halogens is 1. The van der Waals surface area contributed by atoms with Crippen LogP contribution in [0.1, 0.15) is 26.5 Å². The van der Waals surface area contributed by atoms with Crippen molar-refractivity contribution in [2.24, 2.45) is 5.41 Å². The number of nitrogens with zero attached hydrogens (tertiary/aromatic N) is 4. The molecule has 30 heavy (non-hydrogen) atoms. The fraction of sp³-hybridized carbons (Fsp3) is 0.391. The molecule has 0 bridgehead atoms. The maximum Gasteiger partial charge on any atom is 0.407 e. The summed E-state index contributed by atoms with van der Waals surface area (Å²) in [5.41, 5.74) is 3.81. The van der Waals surface area contributed by atoms with E-state index in [4.69, 9.17) is 16.6 Å². The minimum atomic E-state index is -0.841. The standard InChI is InChI=1S/C23H27ClN4O2/c1-23(2,3)19-15-26(12-13-28(19)22(29)30)14-18-21(16-7-9-17(24)10-8-16)25-20-6-4-5-11-27(18)20/h4-11,19H,12-15H2,1-3H3,(H,29,30). The lowest BCUT2D eigenvalue weighted by Gasteiger charge is -2.46. The van der Waals surface area contributed by atoms with Gasteiger partial charge in [-0.1, -0.05) is 50.6 Å². The molecular weight excluding hydrogens is 400 g/mol. The number of amides is 1. The number of hydrogen-bond donors (Lipinski definition) is 1. The summed E-state index contributed by atoms with van der Waals surface area (Å²) >= 11 is 6.08. The van der Waals surface area contributed by atoms with E-state index in [9.17, 15) is 9.90 Å². The fourth-order valence-electron chi connectivity index (χ4n) is 4.20. The summed E-state index contributed by atoms with van der Waals surface area (Å²) in [6.07, 6.45) is 1.19. The van der Waals surface area contributed by atoms with E-state index in [1.807, 2.05) is 48.7 Å². The fourth-order valence-corrected chi connectivity index (χ4v) is 4.33. The van der Waals surface area contributed by atoms with Crippen LogP contribution in [0.2, 0.25) is 5.02 Å². The molecule has 0 spiro atoms. The van der Waals surface area contributed by atoms with E-state index in [2.05, 4.69) is 30.1 Å². The van der Waals surface area contributed by atoms with Crippen molar-refractivity contribution in [1.82, 2.24) is 19.2 Å². The summed E-state index contributed by atoms with van der Waals surface area (Å²) in [4.78, 5) is 20.6. The summed E-state index contributed by atoms with van der Waals surface area (Å²) < 4.78 is 2.12. The molecule has 158 valence electrons. The molecule has 1 saturated heterocycles. The third-order valence-electron chi connectivity index (χ3n) is 5.83. The number of carbonyl (C=O) groups is 1. The number of fused-ring (bicyclic) bond motifs is 1. The van der Waals surface area contributed by atoms with E-state index >= 15 is 0 Å². The van der Waals surface area contributed by atoms with Gasteiger partial charge in [0.05, 0.1) is 17.4 Å². The highest BCUT2D eigenvalue weighted by Gasteiger charge is 2.38. The highest BCUT2D eigenvalue weighted by Crippen LogP contribution is 2.31. The molecule has 1 fully saturated rings. The van der Waals surface area contributed by atoms with Gasteiger partial charge in [0.15, 0.2) is 0 Å². The molecule has 0 aliphatic carbocycles. The molecule has 1 aliphatic heterocycles. The van der Waals surface area contributed by atoms with E-state index in [0.29, 0.717) is 31.2 Å². The predicted molar refractivity (Wildman–Crippen MR) is 119 cm³/mol. The van der Waals surface area contributed by atoms with Gasteiger partial charge in [0.1, 0.15) is 5.65 Å². The van der Waals surface area contributed by atoms with Crippen LogP contribution in [0, 0.1) is 5.41 Å². The average molecular weight is 427 g/mol. The van der Waals surface area contributed by atoms with Crippen LogP contribution in [0.15, 0.2) is 48.7 Å². The first-order valence-corrected chi connectivity index (χ1v) is 10.6. The Morgan fingerprint density at radius 1 is 1.17 bits per heavy atom. The smallest absolute Gasteiger partial charge is 0.407 e. The van der Waals surface area contributed by atoms with Crippen molar-refractivity contribution in [3.8, 4) is 11.3 Å². The summed E-state index contributed by atoms with van der Waals surface area (Å²) in [6.45, 7) is 8.89. The number of piperazine rings is 1. The molecule has 2 aromatic heterocycles. The van der Waals surface area contributed by atoms with Gasteiger partial charge in [0.2, 0.25) is 0 Å². The Bertz CT molecular complexity index is 1060. The minimum Gasteiger partial charge on any atom is -0.465 e. The number of aromatic nitrogens is 2. The molecule has 4 rings (SSSR count). The van der Waals surface area contributed by atoms with Crippen molar-refractivity contribution in [3.05, 3.63) is 59.4 Å². The van der Waals surface area contributed by atoms with Crippen LogP contribution in [0.3, 0.4) is 0 Å². The zero-order chi connectivity index (χ0) is 21.5. The third-order valence-corrected chi connectivity index (χ3v) is 6.08. The molecular formula is C23H27ClN4O2. The lowest BCUT2D eigenvalue weighted by atomic mass is 9.84. The monoisotopic (exact) mass is 426 g/mol. The largest absolute Gasteiger partial charge is 0.465 e. The number of rotatable bonds is 3. The lowest BCUT2D eigenvalue weighted by molar-refractivity contribution is 0.0186. The van der Waals surface area contributed by atoms with Crippen LogP contribution in [0.4, 0.5) is 4.79 Å². The van der Waals surface area contributed by atoms with Gasteiger partial charge in [-0.15, -0.1) is 0 Å². The minimum absolute atomic E-state index is 0.0677. The SMILES string of the molecule is CC(C)(C)C1CN(Cc2c(-c3ccc(Cl)cc3)nc3ccccn23)CCN1C(=O)O. The van der Waals surface area contributed by atoms with Crippen molar-refractivity contribution in [2.75, 3.05) is 19.6 Å². The topological polar surface area (TPSA) is 61.1 Å². The van der Waals surface area contributed by atoms with Crippen LogP contribution >= 0.6 is 11.6 Å². The van der Waals surface area contributed by atoms with Gasteiger partial charge in [-0.3, -0.25) is 4.90 Å². The first kappa shape index (κ1) is 20.7. The Labute approximate surface area is 181 Å². The van der Waals surface area contributed by atoms with E-state index in [1.54, 1.807) is 4.90 Å². The van der Waals surface area contributed by atoms with Crippen LogP contribution in [0.25, 0.3) is 16.9 Å². The van der Waals surface area contributed by atoms with Crippen molar-refractivity contribution >= 4 is 23.3 Å². The van der Waals surface area contributed by atoms with E-state index < -0.39 is 6.09 Å². The Morgan fingerprint density at radius 2 is 1.90 bits per heavy atom. The van der Waals surface area contributed by atoms with Crippen molar-refractivity contribution in [3.63, 3.8) is 0 Å². The zero-order valence-electron chi connectivity index (χ0n) is 17.5. The highest BCUT2D eigenvalue weighted by atomic mass is 35.5. The van der Waals surface area contributed by atoms with Crippen LogP contribution in [0.5, 0.6) is 0 Å². The Hall–Kier alpha value is -2.57. The molecule has 1 aliphatic rings. The lowest BCUT2D eigenvalue weighted by Crippen LogP contribution is -2.59. The van der Waals surface area contributed by atoms with E-state index in [1.165, 1.54) is 0 Å². The molecule has 7 heteroatoms. The van der Waals surface area contributed by atoms with Gasteiger partial charge in [-0.25, -0.2) is 9.78 Å². The molecule has 1 aromatic carbocycles. The van der Waals surface area contributed by atoms with E-state index in [0.717, 1.165) is 22.6 Å². The number of imidazole rings is 1. The van der Waals surface area contributed by atoms with Crippen LogP contribution < -0.4 is 0 Å². The molecule has 1 atom stereocenters.